The summed E-state index contributed by atoms with van der Waals surface area (Å²) in [4.78, 5) is 15.9. The van der Waals surface area contributed by atoms with Crippen LogP contribution in [0.15, 0.2) is 43.0 Å². The van der Waals surface area contributed by atoms with Crippen molar-refractivity contribution in [3.8, 4) is 0 Å². The topological polar surface area (TPSA) is 59.0 Å². The second-order valence-corrected chi connectivity index (χ2v) is 7.56. The van der Waals surface area contributed by atoms with E-state index in [2.05, 4.69) is 58.3 Å². The Morgan fingerprint density at radius 2 is 1.96 bits per heavy atom. The van der Waals surface area contributed by atoms with E-state index in [4.69, 9.17) is 0 Å². The third kappa shape index (κ3) is 8.70. The Kier molecular flexibility index (Phi) is 10.4. The van der Waals surface area contributed by atoms with Crippen molar-refractivity contribution in [3.05, 3.63) is 54.1 Å². The van der Waals surface area contributed by atoms with Gasteiger partial charge in [-0.05, 0) is 42.9 Å². The van der Waals surface area contributed by atoms with Crippen LogP contribution in [0, 0.1) is 0 Å². The van der Waals surface area contributed by atoms with Crippen LogP contribution in [0.4, 0.5) is 0 Å². The Bertz CT molecular complexity index is 652. The number of hydrogen-bond donors (Lipinski definition) is 2. The van der Waals surface area contributed by atoms with Crippen molar-refractivity contribution in [3.63, 3.8) is 0 Å². The van der Waals surface area contributed by atoms with E-state index in [1.165, 1.54) is 24.0 Å². The summed E-state index contributed by atoms with van der Waals surface area (Å²) in [5, 5.41) is 6.55. The van der Waals surface area contributed by atoms with Crippen molar-refractivity contribution in [1.29, 1.82) is 0 Å². The van der Waals surface area contributed by atoms with Crippen molar-refractivity contribution in [2.45, 2.75) is 64.8 Å². The largest absolute Gasteiger partial charge is 0.356 e. The molecule has 0 aliphatic rings. The zero-order valence-corrected chi connectivity index (χ0v) is 17.5. The maximum atomic E-state index is 11.9. The fourth-order valence-electron chi connectivity index (χ4n) is 3.20. The van der Waals surface area contributed by atoms with Crippen LogP contribution in [0.25, 0.3) is 0 Å². The molecule has 154 valence electrons. The standard InChI is InChI=1S/C23H36N4O/c1-3-4-5-14-26-23(28)12-9-21-7-10-22(11-8-21)20(2)18-24-13-6-16-27-17-15-25-19-27/h7-8,10-11,15,17,19-20,24H,3-6,9,12-14,16,18H2,1-2H3,(H,26,28). The van der Waals surface area contributed by atoms with Gasteiger partial charge in [0.2, 0.25) is 5.91 Å². The molecule has 1 aromatic carbocycles. The Hall–Kier alpha value is -2.14. The van der Waals surface area contributed by atoms with Gasteiger partial charge in [0, 0.05) is 38.4 Å². The lowest BCUT2D eigenvalue weighted by atomic mass is 9.98. The van der Waals surface area contributed by atoms with E-state index >= 15 is 0 Å². The second kappa shape index (κ2) is 13.1. The summed E-state index contributed by atoms with van der Waals surface area (Å²) in [6.45, 7) is 8.21. The molecule has 0 saturated heterocycles. The Labute approximate surface area is 169 Å². The SMILES string of the molecule is CCCCCNC(=O)CCc1ccc(C(C)CNCCCn2ccnc2)cc1. The molecule has 2 N–H and O–H groups in total. The minimum Gasteiger partial charge on any atom is -0.356 e. The average Bonchev–Trinajstić information content (AvgIpc) is 3.23. The third-order valence-corrected chi connectivity index (χ3v) is 5.07. The van der Waals surface area contributed by atoms with Gasteiger partial charge in [0.1, 0.15) is 0 Å². The molecule has 1 atom stereocenters. The number of aromatic nitrogens is 2. The van der Waals surface area contributed by atoms with E-state index in [9.17, 15) is 4.79 Å². The van der Waals surface area contributed by atoms with Gasteiger partial charge in [-0.1, -0.05) is 51.0 Å². The van der Waals surface area contributed by atoms with Gasteiger partial charge in [-0.3, -0.25) is 4.79 Å². The normalized spacial score (nSPS) is 12.1. The first-order chi connectivity index (χ1) is 13.7. The first-order valence-electron chi connectivity index (χ1n) is 10.7. The highest BCUT2D eigenvalue weighted by Crippen LogP contribution is 2.16. The molecule has 0 aliphatic carbocycles. The Morgan fingerprint density at radius 3 is 2.68 bits per heavy atom. The summed E-state index contributed by atoms with van der Waals surface area (Å²) in [6, 6.07) is 8.73. The van der Waals surface area contributed by atoms with Crippen LogP contribution in [0.2, 0.25) is 0 Å². The van der Waals surface area contributed by atoms with Gasteiger partial charge in [-0.25, -0.2) is 4.98 Å². The number of carbonyl (C=O) groups is 1. The molecule has 2 aromatic rings. The molecule has 1 unspecified atom stereocenters. The molecule has 28 heavy (non-hydrogen) atoms. The molecular formula is C23H36N4O. The molecule has 5 heteroatoms. The van der Waals surface area contributed by atoms with Crippen molar-refractivity contribution >= 4 is 5.91 Å². The molecule has 1 amide bonds. The number of benzene rings is 1. The first kappa shape index (κ1) is 22.2. The number of imidazole rings is 1. The van der Waals surface area contributed by atoms with Gasteiger partial charge in [0.05, 0.1) is 6.33 Å². The summed E-state index contributed by atoms with van der Waals surface area (Å²) in [7, 11) is 0. The van der Waals surface area contributed by atoms with E-state index in [0.29, 0.717) is 12.3 Å². The van der Waals surface area contributed by atoms with Crippen molar-refractivity contribution in [1.82, 2.24) is 20.2 Å². The highest BCUT2D eigenvalue weighted by molar-refractivity contribution is 5.76. The number of hydrogen-bond acceptors (Lipinski definition) is 3. The van der Waals surface area contributed by atoms with E-state index < -0.39 is 0 Å². The van der Waals surface area contributed by atoms with E-state index in [-0.39, 0.29) is 5.91 Å². The maximum absolute atomic E-state index is 11.9. The number of rotatable bonds is 14. The second-order valence-electron chi connectivity index (χ2n) is 7.56. The number of nitrogens with one attached hydrogen (secondary N) is 2. The number of carbonyl (C=O) groups excluding carboxylic acids is 1. The van der Waals surface area contributed by atoms with Crippen LogP contribution >= 0.6 is 0 Å². The summed E-state index contributed by atoms with van der Waals surface area (Å²) in [5.41, 5.74) is 2.57. The van der Waals surface area contributed by atoms with Crippen LogP contribution in [0.5, 0.6) is 0 Å². The molecule has 0 spiro atoms. The summed E-state index contributed by atoms with van der Waals surface area (Å²) in [6.07, 6.45) is 11.6. The molecule has 0 fully saturated rings. The number of amides is 1. The van der Waals surface area contributed by atoms with Crippen LogP contribution in [0.1, 0.15) is 63.0 Å². The maximum Gasteiger partial charge on any atom is 0.220 e. The van der Waals surface area contributed by atoms with Gasteiger partial charge >= 0.3 is 0 Å². The lowest BCUT2D eigenvalue weighted by molar-refractivity contribution is -0.121. The quantitative estimate of drug-likeness (QED) is 0.486. The van der Waals surface area contributed by atoms with Crippen molar-refractivity contribution < 1.29 is 4.79 Å². The third-order valence-electron chi connectivity index (χ3n) is 5.07. The minimum atomic E-state index is 0.161. The minimum absolute atomic E-state index is 0.161. The number of unbranched alkanes of at least 4 members (excludes halogenated alkanes) is 2. The van der Waals surface area contributed by atoms with Crippen molar-refractivity contribution in [2.75, 3.05) is 19.6 Å². The molecule has 0 radical (unpaired) electrons. The lowest BCUT2D eigenvalue weighted by Crippen LogP contribution is -2.24. The molecule has 0 saturated carbocycles. The fourth-order valence-corrected chi connectivity index (χ4v) is 3.20. The van der Waals surface area contributed by atoms with Gasteiger partial charge in [0.15, 0.2) is 0 Å². The lowest BCUT2D eigenvalue weighted by Gasteiger charge is -2.14. The molecular weight excluding hydrogens is 348 g/mol. The Balaban J connectivity index is 1.60. The fraction of sp³-hybridized carbons (Fsp3) is 0.565. The first-order valence-corrected chi connectivity index (χ1v) is 10.7. The average molecular weight is 385 g/mol. The molecule has 0 bridgehead atoms. The van der Waals surface area contributed by atoms with Crippen molar-refractivity contribution in [2.24, 2.45) is 0 Å². The monoisotopic (exact) mass is 384 g/mol. The predicted molar refractivity (Wildman–Crippen MR) is 115 cm³/mol. The van der Waals surface area contributed by atoms with Gasteiger partial charge in [0.25, 0.3) is 0 Å². The molecule has 1 heterocycles. The van der Waals surface area contributed by atoms with Crippen LogP contribution in [-0.2, 0) is 17.8 Å². The Morgan fingerprint density at radius 1 is 1.14 bits per heavy atom. The number of aryl methyl sites for hydroxylation is 2. The van der Waals surface area contributed by atoms with Gasteiger partial charge < -0.3 is 15.2 Å². The predicted octanol–water partition coefficient (Wildman–Crippen LogP) is 3.91. The molecule has 2 rings (SSSR count). The summed E-state index contributed by atoms with van der Waals surface area (Å²) < 4.78 is 2.11. The zero-order chi connectivity index (χ0) is 20.0. The van der Waals surface area contributed by atoms with E-state index in [1.54, 1.807) is 0 Å². The van der Waals surface area contributed by atoms with Crippen LogP contribution in [-0.4, -0.2) is 35.1 Å². The van der Waals surface area contributed by atoms with Crippen LogP contribution in [0.3, 0.4) is 0 Å². The van der Waals surface area contributed by atoms with Gasteiger partial charge in [-0.2, -0.15) is 0 Å². The smallest absolute Gasteiger partial charge is 0.220 e. The zero-order valence-electron chi connectivity index (χ0n) is 17.5. The molecule has 0 aliphatic heterocycles. The summed E-state index contributed by atoms with van der Waals surface area (Å²) >= 11 is 0. The van der Waals surface area contributed by atoms with E-state index in [0.717, 1.165) is 45.4 Å². The molecule has 5 nitrogen and oxygen atoms in total. The number of nitrogens with zero attached hydrogens (tertiary/aromatic N) is 2. The van der Waals surface area contributed by atoms with Gasteiger partial charge in [-0.15, -0.1) is 0 Å². The highest BCUT2D eigenvalue weighted by atomic mass is 16.1. The summed E-state index contributed by atoms with van der Waals surface area (Å²) in [5.74, 6) is 0.637. The highest BCUT2D eigenvalue weighted by Gasteiger charge is 2.06. The van der Waals surface area contributed by atoms with Crippen LogP contribution < -0.4 is 10.6 Å². The molecule has 1 aromatic heterocycles. The van der Waals surface area contributed by atoms with E-state index in [1.807, 2.05) is 18.7 Å².